The van der Waals surface area contributed by atoms with Crippen molar-refractivity contribution < 1.29 is 9.90 Å². The fourth-order valence-electron chi connectivity index (χ4n) is 1.78. The molecule has 0 spiro atoms. The van der Waals surface area contributed by atoms with Crippen LogP contribution < -0.4 is 5.43 Å². The molecular weight excluding hydrogens is 232 g/mol. The fourth-order valence-corrected chi connectivity index (χ4v) is 1.78. The maximum absolute atomic E-state index is 11.5. The molecule has 0 fully saturated rings. The second-order valence-corrected chi connectivity index (χ2v) is 3.98. The van der Waals surface area contributed by atoms with Crippen molar-refractivity contribution in [3.8, 4) is 5.69 Å². The van der Waals surface area contributed by atoms with Gasteiger partial charge in [-0.2, -0.15) is 0 Å². The molecule has 0 saturated heterocycles. The van der Waals surface area contributed by atoms with E-state index in [2.05, 4.69) is 4.98 Å². The van der Waals surface area contributed by atoms with E-state index in [1.807, 2.05) is 13.0 Å². The van der Waals surface area contributed by atoms with E-state index >= 15 is 0 Å². The Balaban J connectivity index is 2.73. The lowest BCUT2D eigenvalue weighted by Gasteiger charge is -2.13. The number of pyridine rings is 2. The molecule has 5 nitrogen and oxygen atoms in total. The van der Waals surface area contributed by atoms with Crippen LogP contribution in [0.25, 0.3) is 5.69 Å². The number of hydrogen-bond donors (Lipinski definition) is 1. The lowest BCUT2D eigenvalue weighted by molar-refractivity contribution is 0.0695. The molecule has 0 amide bonds. The number of aromatic nitrogens is 2. The number of nitrogens with zero attached hydrogens (tertiary/aromatic N) is 2. The first-order valence-corrected chi connectivity index (χ1v) is 5.39. The van der Waals surface area contributed by atoms with Gasteiger partial charge in [-0.05, 0) is 26.0 Å². The van der Waals surface area contributed by atoms with E-state index in [0.717, 1.165) is 11.4 Å². The zero-order chi connectivity index (χ0) is 13.3. The zero-order valence-electron chi connectivity index (χ0n) is 10.0. The normalized spacial score (nSPS) is 10.3. The van der Waals surface area contributed by atoms with Gasteiger partial charge in [0.25, 0.3) is 0 Å². The van der Waals surface area contributed by atoms with Crippen LogP contribution in [0, 0.1) is 13.8 Å². The molecule has 18 heavy (non-hydrogen) atoms. The summed E-state index contributed by atoms with van der Waals surface area (Å²) in [6.07, 6.45) is 3.00. The van der Waals surface area contributed by atoms with Crippen LogP contribution in [-0.2, 0) is 0 Å². The van der Waals surface area contributed by atoms with Crippen molar-refractivity contribution >= 4 is 5.97 Å². The summed E-state index contributed by atoms with van der Waals surface area (Å²) < 4.78 is 1.66. The molecule has 2 aromatic heterocycles. The van der Waals surface area contributed by atoms with E-state index < -0.39 is 11.4 Å². The highest BCUT2D eigenvalue weighted by atomic mass is 16.4. The minimum absolute atomic E-state index is 0.246. The average Bonchev–Trinajstić information content (AvgIpc) is 2.30. The third-order valence-electron chi connectivity index (χ3n) is 2.71. The standard InChI is InChI=1S/C13H12N2O3/c1-8-6-12(16)10(13(17)18)7-15(8)11-4-3-5-14-9(11)2/h3-7H,1-2H3,(H,17,18). The first-order chi connectivity index (χ1) is 8.50. The largest absolute Gasteiger partial charge is 0.477 e. The van der Waals surface area contributed by atoms with Gasteiger partial charge in [0.15, 0.2) is 5.43 Å². The SMILES string of the molecule is Cc1ncccc1-n1cc(C(=O)O)c(=O)cc1C. The molecule has 0 bridgehead atoms. The first-order valence-electron chi connectivity index (χ1n) is 5.39. The van der Waals surface area contributed by atoms with Gasteiger partial charge < -0.3 is 9.67 Å². The second-order valence-electron chi connectivity index (χ2n) is 3.98. The Morgan fingerprint density at radius 1 is 1.39 bits per heavy atom. The lowest BCUT2D eigenvalue weighted by atomic mass is 10.2. The van der Waals surface area contributed by atoms with E-state index in [9.17, 15) is 9.59 Å². The summed E-state index contributed by atoms with van der Waals surface area (Å²) in [6, 6.07) is 4.90. The molecule has 0 aliphatic rings. The maximum Gasteiger partial charge on any atom is 0.341 e. The van der Waals surface area contributed by atoms with Crippen molar-refractivity contribution in [3.05, 3.63) is 57.8 Å². The summed E-state index contributed by atoms with van der Waals surface area (Å²) in [5.41, 5.74) is 1.46. The number of aromatic carboxylic acids is 1. The highest BCUT2D eigenvalue weighted by molar-refractivity contribution is 5.87. The number of carboxylic acids is 1. The smallest absolute Gasteiger partial charge is 0.341 e. The van der Waals surface area contributed by atoms with Crippen LogP contribution in [0.1, 0.15) is 21.7 Å². The van der Waals surface area contributed by atoms with Gasteiger partial charge in [-0.3, -0.25) is 9.78 Å². The predicted octanol–water partition coefficient (Wildman–Crippen LogP) is 1.55. The van der Waals surface area contributed by atoms with Crippen molar-refractivity contribution in [1.82, 2.24) is 9.55 Å². The summed E-state index contributed by atoms with van der Waals surface area (Å²) in [5, 5.41) is 8.97. The van der Waals surface area contributed by atoms with Crippen molar-refractivity contribution in [2.75, 3.05) is 0 Å². The van der Waals surface area contributed by atoms with Crippen LogP contribution in [0.15, 0.2) is 35.4 Å². The minimum Gasteiger partial charge on any atom is -0.477 e. The zero-order valence-corrected chi connectivity index (χ0v) is 10.0. The molecule has 2 rings (SSSR count). The van der Waals surface area contributed by atoms with Crippen LogP contribution in [0.3, 0.4) is 0 Å². The Kier molecular flexibility index (Phi) is 2.97. The highest BCUT2D eigenvalue weighted by Crippen LogP contribution is 2.13. The molecule has 0 aromatic carbocycles. The predicted molar refractivity (Wildman–Crippen MR) is 66.3 cm³/mol. The fraction of sp³-hybridized carbons (Fsp3) is 0.154. The molecule has 0 saturated carbocycles. The summed E-state index contributed by atoms with van der Waals surface area (Å²) in [7, 11) is 0. The number of carboxylic acid groups (broad SMARTS) is 1. The van der Waals surface area contributed by atoms with Crippen molar-refractivity contribution in [2.45, 2.75) is 13.8 Å². The lowest BCUT2D eigenvalue weighted by Crippen LogP contribution is -2.18. The molecule has 5 heteroatoms. The van der Waals surface area contributed by atoms with Gasteiger partial charge in [-0.25, -0.2) is 4.79 Å². The number of carbonyl (C=O) groups is 1. The Morgan fingerprint density at radius 2 is 2.11 bits per heavy atom. The Hall–Kier alpha value is -2.43. The van der Waals surface area contributed by atoms with Gasteiger partial charge >= 0.3 is 5.97 Å². The van der Waals surface area contributed by atoms with E-state index in [1.165, 1.54) is 12.3 Å². The van der Waals surface area contributed by atoms with Crippen LogP contribution in [0.2, 0.25) is 0 Å². The number of rotatable bonds is 2. The Bertz CT molecular complexity index is 674. The Labute approximate surface area is 103 Å². The third-order valence-corrected chi connectivity index (χ3v) is 2.71. The molecule has 1 N–H and O–H groups in total. The molecule has 0 unspecified atom stereocenters. The molecule has 0 aliphatic heterocycles. The van der Waals surface area contributed by atoms with E-state index in [-0.39, 0.29) is 5.56 Å². The van der Waals surface area contributed by atoms with Crippen LogP contribution in [-0.4, -0.2) is 20.6 Å². The van der Waals surface area contributed by atoms with Gasteiger partial charge in [-0.15, -0.1) is 0 Å². The third kappa shape index (κ3) is 2.02. The van der Waals surface area contributed by atoms with Gasteiger partial charge in [0.1, 0.15) is 5.56 Å². The number of aryl methyl sites for hydroxylation is 2. The van der Waals surface area contributed by atoms with Crippen molar-refractivity contribution in [1.29, 1.82) is 0 Å². The maximum atomic E-state index is 11.5. The summed E-state index contributed by atoms with van der Waals surface area (Å²) >= 11 is 0. The molecule has 0 aliphatic carbocycles. The minimum atomic E-state index is -1.23. The Morgan fingerprint density at radius 3 is 2.72 bits per heavy atom. The van der Waals surface area contributed by atoms with Crippen LogP contribution in [0.4, 0.5) is 0 Å². The topological polar surface area (TPSA) is 72.2 Å². The summed E-state index contributed by atoms with van der Waals surface area (Å²) in [6.45, 7) is 3.58. The highest BCUT2D eigenvalue weighted by Gasteiger charge is 2.12. The van der Waals surface area contributed by atoms with E-state index in [4.69, 9.17) is 5.11 Å². The summed E-state index contributed by atoms with van der Waals surface area (Å²) in [5.74, 6) is -1.23. The molecule has 92 valence electrons. The van der Waals surface area contributed by atoms with Crippen LogP contribution >= 0.6 is 0 Å². The molecule has 0 atom stereocenters. The molecular formula is C13H12N2O3. The van der Waals surface area contributed by atoms with Gasteiger partial charge in [0.2, 0.25) is 0 Å². The monoisotopic (exact) mass is 244 g/mol. The van der Waals surface area contributed by atoms with E-state index in [0.29, 0.717) is 5.69 Å². The van der Waals surface area contributed by atoms with Crippen molar-refractivity contribution in [2.24, 2.45) is 0 Å². The molecule has 2 aromatic rings. The van der Waals surface area contributed by atoms with Crippen LogP contribution in [0.5, 0.6) is 0 Å². The van der Waals surface area contributed by atoms with Crippen molar-refractivity contribution in [3.63, 3.8) is 0 Å². The summed E-state index contributed by atoms with van der Waals surface area (Å²) in [4.78, 5) is 26.7. The number of hydrogen-bond acceptors (Lipinski definition) is 3. The van der Waals surface area contributed by atoms with E-state index in [1.54, 1.807) is 23.8 Å². The van der Waals surface area contributed by atoms with Gasteiger partial charge in [0.05, 0.1) is 11.4 Å². The molecule has 0 radical (unpaired) electrons. The van der Waals surface area contributed by atoms with Gasteiger partial charge in [0, 0.05) is 24.2 Å². The van der Waals surface area contributed by atoms with Gasteiger partial charge in [-0.1, -0.05) is 0 Å². The quantitative estimate of drug-likeness (QED) is 0.869. The second kappa shape index (κ2) is 4.44. The first kappa shape index (κ1) is 12.0. The molecule has 2 heterocycles. The average molecular weight is 244 g/mol.